The number of halogens is 2. The van der Waals surface area contributed by atoms with E-state index in [0.717, 1.165) is 44.3 Å². The van der Waals surface area contributed by atoms with Gasteiger partial charge in [-0.25, -0.2) is 0 Å². The van der Waals surface area contributed by atoms with Crippen LogP contribution in [0.25, 0.3) is 10.9 Å². The molecule has 25 heavy (non-hydrogen) atoms. The van der Waals surface area contributed by atoms with E-state index in [0.29, 0.717) is 13.0 Å². The van der Waals surface area contributed by atoms with Crippen molar-refractivity contribution in [2.24, 2.45) is 4.99 Å². The molecule has 1 fully saturated rings. The highest BCUT2D eigenvalue weighted by molar-refractivity contribution is 9.13. The first-order valence-electron chi connectivity index (χ1n) is 8.08. The van der Waals surface area contributed by atoms with Gasteiger partial charge in [0.15, 0.2) is 5.96 Å². The van der Waals surface area contributed by atoms with Gasteiger partial charge in [0.2, 0.25) is 0 Å². The topological polar surface area (TPSA) is 67.6 Å². The first kappa shape index (κ1) is 18.3. The van der Waals surface area contributed by atoms with Crippen molar-refractivity contribution in [3.63, 3.8) is 0 Å². The lowest BCUT2D eigenvalue weighted by Gasteiger charge is -2.27. The Morgan fingerprint density at radius 3 is 2.88 bits per heavy atom. The van der Waals surface area contributed by atoms with Crippen molar-refractivity contribution in [3.8, 4) is 0 Å². The quantitative estimate of drug-likeness (QED) is 0.702. The summed E-state index contributed by atoms with van der Waals surface area (Å²) in [7, 11) is 1.66. The largest absolute Gasteiger partial charge is 0.417 e. The fourth-order valence-electron chi connectivity index (χ4n) is 2.93. The minimum absolute atomic E-state index is 0.129. The van der Waals surface area contributed by atoms with E-state index in [1.54, 1.807) is 18.8 Å². The molecule has 1 saturated heterocycles. The van der Waals surface area contributed by atoms with Gasteiger partial charge in [0.1, 0.15) is 12.9 Å². The second-order valence-electron chi connectivity index (χ2n) is 5.97. The number of carbonyl (C=O) groups is 1. The number of guanidine groups is 1. The number of aliphatic imine (C=N–C) groups is 1. The summed E-state index contributed by atoms with van der Waals surface area (Å²) in [5.41, 5.74) is 2.16. The number of fused-ring (bicyclic) bond motifs is 1. The van der Waals surface area contributed by atoms with Crippen molar-refractivity contribution in [1.29, 1.82) is 0 Å². The standard InChI is InChI=1S/C17H20Br2N4O2/c1-10(24)3-5-20-17-21-6-4-15(22-17)12-9-23(25-2)16-8-14(19)13(18)7-11(12)16/h7-9,15H,3-6H2,1-2H3,(H2,20,21,22). The maximum absolute atomic E-state index is 11.1. The smallest absolute Gasteiger partial charge is 0.191 e. The van der Waals surface area contributed by atoms with Gasteiger partial charge in [-0.3, -0.25) is 9.79 Å². The Balaban J connectivity index is 1.90. The molecule has 1 atom stereocenters. The first-order valence-corrected chi connectivity index (χ1v) is 9.67. The van der Waals surface area contributed by atoms with Gasteiger partial charge < -0.3 is 15.5 Å². The van der Waals surface area contributed by atoms with E-state index in [9.17, 15) is 4.79 Å². The summed E-state index contributed by atoms with van der Waals surface area (Å²) in [4.78, 5) is 21.0. The Hall–Kier alpha value is -1.54. The van der Waals surface area contributed by atoms with Crippen LogP contribution in [0.15, 0.2) is 32.3 Å². The molecule has 2 N–H and O–H groups in total. The van der Waals surface area contributed by atoms with Crippen LogP contribution in [0.2, 0.25) is 0 Å². The van der Waals surface area contributed by atoms with Crippen LogP contribution < -0.4 is 15.5 Å². The molecule has 6 nitrogen and oxygen atoms in total. The summed E-state index contributed by atoms with van der Waals surface area (Å²) in [6.45, 7) is 2.91. The molecule has 134 valence electrons. The minimum Gasteiger partial charge on any atom is -0.417 e. The van der Waals surface area contributed by atoms with Crippen LogP contribution in [-0.4, -0.2) is 36.7 Å². The number of carbonyl (C=O) groups excluding carboxylic acids is 1. The fourth-order valence-corrected chi connectivity index (χ4v) is 3.60. The molecule has 8 heteroatoms. The summed E-state index contributed by atoms with van der Waals surface area (Å²) in [6, 6.07) is 4.26. The summed E-state index contributed by atoms with van der Waals surface area (Å²) < 4.78 is 3.75. The summed E-state index contributed by atoms with van der Waals surface area (Å²) >= 11 is 7.13. The fraction of sp³-hybridized carbons (Fsp3) is 0.412. The van der Waals surface area contributed by atoms with Crippen molar-refractivity contribution >= 4 is 54.5 Å². The lowest BCUT2D eigenvalue weighted by molar-refractivity contribution is -0.116. The van der Waals surface area contributed by atoms with Crippen LogP contribution in [0.1, 0.15) is 31.4 Å². The molecule has 0 saturated carbocycles. The van der Waals surface area contributed by atoms with Gasteiger partial charge in [-0.2, -0.15) is 4.73 Å². The van der Waals surface area contributed by atoms with Gasteiger partial charge in [0.05, 0.1) is 17.8 Å². The van der Waals surface area contributed by atoms with Crippen LogP contribution in [0.4, 0.5) is 0 Å². The summed E-state index contributed by atoms with van der Waals surface area (Å²) in [5.74, 6) is 0.891. The van der Waals surface area contributed by atoms with Crippen LogP contribution in [0.3, 0.4) is 0 Å². The summed E-state index contributed by atoms with van der Waals surface area (Å²) in [6.07, 6.45) is 3.41. The first-order chi connectivity index (χ1) is 12.0. The van der Waals surface area contributed by atoms with Crippen molar-refractivity contribution in [2.75, 3.05) is 20.2 Å². The Morgan fingerprint density at radius 2 is 2.16 bits per heavy atom. The third kappa shape index (κ3) is 4.00. The molecule has 1 aliphatic rings. The number of hydrogen-bond donors (Lipinski definition) is 2. The molecule has 0 aliphatic carbocycles. The van der Waals surface area contributed by atoms with Crippen LogP contribution in [0, 0.1) is 0 Å². The van der Waals surface area contributed by atoms with E-state index in [-0.39, 0.29) is 11.8 Å². The van der Waals surface area contributed by atoms with Gasteiger partial charge in [-0.15, -0.1) is 0 Å². The zero-order valence-corrected chi connectivity index (χ0v) is 17.3. The van der Waals surface area contributed by atoms with Crippen molar-refractivity contribution in [2.45, 2.75) is 25.8 Å². The predicted molar refractivity (Wildman–Crippen MR) is 106 cm³/mol. The highest BCUT2D eigenvalue weighted by Gasteiger charge is 2.23. The van der Waals surface area contributed by atoms with Crippen molar-refractivity contribution in [1.82, 2.24) is 15.4 Å². The predicted octanol–water partition coefficient (Wildman–Crippen LogP) is 3.18. The van der Waals surface area contributed by atoms with Crippen LogP contribution >= 0.6 is 31.9 Å². The van der Waals surface area contributed by atoms with E-state index in [2.05, 4.69) is 53.6 Å². The van der Waals surface area contributed by atoms with E-state index >= 15 is 0 Å². The molecule has 0 spiro atoms. The third-order valence-corrected chi connectivity index (χ3v) is 6.03. The van der Waals surface area contributed by atoms with Gasteiger partial charge in [-0.05, 0) is 57.3 Å². The van der Waals surface area contributed by atoms with E-state index < -0.39 is 0 Å². The number of nitrogens with zero attached hydrogens (tertiary/aromatic N) is 2. The van der Waals surface area contributed by atoms with E-state index in [1.807, 2.05) is 12.3 Å². The molecular weight excluding hydrogens is 452 g/mol. The number of ketones is 1. The second kappa shape index (κ2) is 7.78. The Kier molecular flexibility index (Phi) is 5.68. The lowest BCUT2D eigenvalue weighted by Crippen LogP contribution is -2.46. The van der Waals surface area contributed by atoms with Crippen LogP contribution in [-0.2, 0) is 4.79 Å². The van der Waals surface area contributed by atoms with E-state index in [4.69, 9.17) is 4.84 Å². The van der Waals surface area contributed by atoms with E-state index in [1.165, 1.54) is 0 Å². The SMILES string of the molecule is COn1cc(C2CCN/C(=N\CCC(C)=O)N2)c2cc(Br)c(Br)cc21. The number of aromatic nitrogens is 1. The average Bonchev–Trinajstić information content (AvgIpc) is 2.93. The second-order valence-corrected chi connectivity index (χ2v) is 7.68. The van der Waals surface area contributed by atoms with Gasteiger partial charge in [0, 0.05) is 39.4 Å². The molecule has 1 aromatic carbocycles. The molecule has 1 aromatic heterocycles. The van der Waals surface area contributed by atoms with Gasteiger partial charge >= 0.3 is 0 Å². The monoisotopic (exact) mass is 470 g/mol. The summed E-state index contributed by atoms with van der Waals surface area (Å²) in [5, 5.41) is 7.82. The lowest BCUT2D eigenvalue weighted by atomic mass is 10.0. The maximum Gasteiger partial charge on any atom is 0.191 e. The third-order valence-electron chi connectivity index (χ3n) is 4.19. The van der Waals surface area contributed by atoms with Crippen LogP contribution in [0.5, 0.6) is 0 Å². The van der Waals surface area contributed by atoms with Crippen molar-refractivity contribution in [3.05, 3.63) is 32.8 Å². The number of nitrogens with one attached hydrogen (secondary N) is 2. The molecule has 1 aliphatic heterocycles. The molecule has 3 rings (SSSR count). The molecular formula is C17H20Br2N4O2. The zero-order chi connectivity index (χ0) is 18.0. The molecule has 1 unspecified atom stereocenters. The van der Waals surface area contributed by atoms with Gasteiger partial charge in [-0.1, -0.05) is 0 Å². The molecule has 0 radical (unpaired) electrons. The van der Waals surface area contributed by atoms with Crippen molar-refractivity contribution < 1.29 is 9.63 Å². The molecule has 2 heterocycles. The average molecular weight is 472 g/mol. The number of rotatable bonds is 5. The number of benzene rings is 1. The zero-order valence-electron chi connectivity index (χ0n) is 14.1. The molecule has 2 aromatic rings. The normalized spacial score (nSPS) is 18.9. The minimum atomic E-state index is 0.129. The maximum atomic E-state index is 11.1. The number of Topliss-reactive ketones (excluding diaryl/α,β-unsaturated/α-hetero) is 1. The Labute approximate surface area is 163 Å². The Bertz CT molecular complexity index is 832. The number of hydrogen-bond acceptors (Lipinski definition) is 3. The highest BCUT2D eigenvalue weighted by Crippen LogP contribution is 2.34. The Morgan fingerprint density at radius 1 is 1.40 bits per heavy atom. The van der Waals surface area contributed by atoms with Gasteiger partial charge in [0.25, 0.3) is 0 Å². The highest BCUT2D eigenvalue weighted by atomic mass is 79.9. The molecule has 0 bridgehead atoms. The molecule has 0 amide bonds.